The number of carbonyl (C=O) groups is 1. The fourth-order valence-corrected chi connectivity index (χ4v) is 3.49. The van der Waals surface area contributed by atoms with Gasteiger partial charge in [0.05, 0.1) is 13.7 Å². The van der Waals surface area contributed by atoms with E-state index in [1.165, 1.54) is 11.1 Å². The second-order valence-corrected chi connectivity index (χ2v) is 7.52. The molecule has 0 radical (unpaired) electrons. The van der Waals surface area contributed by atoms with E-state index >= 15 is 0 Å². The number of ether oxygens (including phenoxy) is 2. The highest BCUT2D eigenvalue weighted by atomic mass is 16.5. The minimum absolute atomic E-state index is 0.0346. The van der Waals surface area contributed by atoms with E-state index < -0.39 is 0 Å². The summed E-state index contributed by atoms with van der Waals surface area (Å²) in [6, 6.07) is 15.8. The summed E-state index contributed by atoms with van der Waals surface area (Å²) in [6.07, 6.45) is 0.800. The third-order valence-corrected chi connectivity index (χ3v) is 5.14. The summed E-state index contributed by atoms with van der Waals surface area (Å²) in [5.74, 6) is 2.14. The van der Waals surface area contributed by atoms with Gasteiger partial charge in [0.1, 0.15) is 24.1 Å². The predicted octanol–water partition coefficient (Wildman–Crippen LogP) is 2.60. The first-order chi connectivity index (χ1) is 15.1. The second kappa shape index (κ2) is 11.2. The van der Waals surface area contributed by atoms with Crippen LogP contribution in [0.1, 0.15) is 25.0 Å². The number of nitrogens with one attached hydrogen (secondary N) is 2. The molecule has 1 heterocycles. The van der Waals surface area contributed by atoms with Gasteiger partial charge in [-0.15, -0.1) is 0 Å². The molecule has 1 atom stereocenters. The molecule has 7 nitrogen and oxygen atoms in total. The third kappa shape index (κ3) is 6.64. The van der Waals surface area contributed by atoms with Crippen molar-refractivity contribution in [3.63, 3.8) is 0 Å². The first-order valence-electron chi connectivity index (χ1n) is 10.8. The maximum absolute atomic E-state index is 12.7. The molecule has 0 saturated heterocycles. The van der Waals surface area contributed by atoms with Crippen LogP contribution in [-0.4, -0.2) is 56.2 Å². The maximum Gasteiger partial charge on any atom is 0.244 e. The van der Waals surface area contributed by atoms with E-state index in [0.29, 0.717) is 25.6 Å². The van der Waals surface area contributed by atoms with E-state index in [1.807, 2.05) is 55.1 Å². The predicted molar refractivity (Wildman–Crippen MR) is 123 cm³/mol. The molecule has 1 unspecified atom stereocenters. The molecule has 1 amide bonds. The standard InChI is InChI=1S/C24H32N4O3/c1-4-25-24(26-15-18(2)31-22-11-7-10-21(14-22)30-3)27-16-23(29)28-13-12-19-8-5-6-9-20(19)17-28/h5-11,14,18H,4,12-13,15-17H2,1-3H3,(H2,25,26,27). The Bertz CT molecular complexity index is 900. The summed E-state index contributed by atoms with van der Waals surface area (Å²) < 4.78 is 11.2. The molecule has 31 heavy (non-hydrogen) atoms. The van der Waals surface area contributed by atoms with Crippen molar-refractivity contribution in [3.8, 4) is 11.5 Å². The number of amides is 1. The number of fused-ring (bicyclic) bond motifs is 1. The van der Waals surface area contributed by atoms with E-state index in [1.54, 1.807) is 7.11 Å². The number of nitrogens with zero attached hydrogens (tertiary/aromatic N) is 2. The van der Waals surface area contributed by atoms with Gasteiger partial charge in [0.15, 0.2) is 5.96 Å². The van der Waals surface area contributed by atoms with Crippen molar-refractivity contribution in [2.75, 3.05) is 33.3 Å². The van der Waals surface area contributed by atoms with Gasteiger partial charge < -0.3 is 25.0 Å². The largest absolute Gasteiger partial charge is 0.497 e. The van der Waals surface area contributed by atoms with E-state index in [0.717, 1.165) is 24.5 Å². The van der Waals surface area contributed by atoms with Gasteiger partial charge in [-0.1, -0.05) is 30.3 Å². The van der Waals surface area contributed by atoms with Crippen molar-refractivity contribution >= 4 is 11.9 Å². The number of hydrogen-bond acceptors (Lipinski definition) is 4. The van der Waals surface area contributed by atoms with E-state index in [4.69, 9.17) is 9.47 Å². The van der Waals surface area contributed by atoms with Gasteiger partial charge in [0.2, 0.25) is 5.91 Å². The Labute approximate surface area is 184 Å². The molecule has 0 aromatic heterocycles. The Kier molecular flexibility index (Phi) is 8.15. The summed E-state index contributed by atoms with van der Waals surface area (Å²) in [5.41, 5.74) is 2.55. The molecule has 2 N–H and O–H groups in total. The Morgan fingerprint density at radius 1 is 1.13 bits per heavy atom. The third-order valence-electron chi connectivity index (χ3n) is 5.14. The molecule has 3 rings (SSSR count). The molecule has 1 aliphatic heterocycles. The topological polar surface area (TPSA) is 75.2 Å². The summed E-state index contributed by atoms with van der Waals surface area (Å²) in [5, 5.41) is 6.44. The average molecular weight is 425 g/mol. The van der Waals surface area contributed by atoms with Crippen molar-refractivity contribution < 1.29 is 14.3 Å². The van der Waals surface area contributed by atoms with E-state index in [-0.39, 0.29) is 18.6 Å². The lowest BCUT2D eigenvalue weighted by Gasteiger charge is -2.28. The average Bonchev–Trinajstić information content (AvgIpc) is 2.80. The van der Waals surface area contributed by atoms with Gasteiger partial charge in [-0.3, -0.25) is 4.79 Å². The molecular formula is C24H32N4O3. The van der Waals surface area contributed by atoms with Gasteiger partial charge in [0.25, 0.3) is 0 Å². The highest BCUT2D eigenvalue weighted by molar-refractivity contribution is 5.85. The Morgan fingerprint density at radius 2 is 1.90 bits per heavy atom. The molecule has 7 heteroatoms. The van der Waals surface area contributed by atoms with Crippen LogP contribution >= 0.6 is 0 Å². The fourth-order valence-electron chi connectivity index (χ4n) is 3.49. The zero-order valence-electron chi connectivity index (χ0n) is 18.6. The summed E-state index contributed by atoms with van der Waals surface area (Å²) in [6.45, 7) is 6.74. The molecule has 2 aromatic rings. The number of rotatable bonds is 8. The minimum Gasteiger partial charge on any atom is -0.497 e. The van der Waals surface area contributed by atoms with Crippen LogP contribution in [0.25, 0.3) is 0 Å². The molecule has 0 aliphatic carbocycles. The Balaban J connectivity index is 1.50. The zero-order valence-corrected chi connectivity index (χ0v) is 18.6. The van der Waals surface area contributed by atoms with Crippen molar-refractivity contribution in [1.82, 2.24) is 15.5 Å². The molecule has 0 fully saturated rings. The molecule has 2 aromatic carbocycles. The van der Waals surface area contributed by atoms with Gasteiger partial charge >= 0.3 is 0 Å². The Morgan fingerprint density at radius 3 is 2.68 bits per heavy atom. The second-order valence-electron chi connectivity index (χ2n) is 7.52. The summed E-state index contributed by atoms with van der Waals surface area (Å²) >= 11 is 0. The number of methoxy groups -OCH3 is 1. The molecule has 0 saturated carbocycles. The van der Waals surface area contributed by atoms with Gasteiger partial charge in [-0.25, -0.2) is 4.99 Å². The van der Waals surface area contributed by atoms with Crippen LogP contribution in [0.4, 0.5) is 0 Å². The molecule has 166 valence electrons. The van der Waals surface area contributed by atoms with Crippen LogP contribution in [0.5, 0.6) is 11.5 Å². The van der Waals surface area contributed by atoms with Crippen LogP contribution in [0.15, 0.2) is 53.5 Å². The number of hydrogen-bond donors (Lipinski definition) is 2. The summed E-state index contributed by atoms with van der Waals surface area (Å²) in [4.78, 5) is 19.0. The van der Waals surface area contributed by atoms with Gasteiger partial charge in [0, 0.05) is 25.7 Å². The smallest absolute Gasteiger partial charge is 0.244 e. The lowest BCUT2D eigenvalue weighted by Crippen LogP contribution is -2.43. The lowest BCUT2D eigenvalue weighted by atomic mass is 10.00. The van der Waals surface area contributed by atoms with Crippen LogP contribution < -0.4 is 20.1 Å². The van der Waals surface area contributed by atoms with Crippen LogP contribution in [0.2, 0.25) is 0 Å². The van der Waals surface area contributed by atoms with Gasteiger partial charge in [-0.05, 0) is 43.5 Å². The highest BCUT2D eigenvalue weighted by Gasteiger charge is 2.20. The number of aliphatic imine (C=N–C) groups is 1. The number of guanidine groups is 1. The zero-order chi connectivity index (χ0) is 22.1. The van der Waals surface area contributed by atoms with Crippen LogP contribution in [0, 0.1) is 0 Å². The lowest BCUT2D eigenvalue weighted by molar-refractivity contribution is -0.130. The quantitative estimate of drug-likeness (QED) is 0.503. The van der Waals surface area contributed by atoms with E-state index in [9.17, 15) is 4.79 Å². The molecular weight excluding hydrogens is 392 g/mol. The van der Waals surface area contributed by atoms with Gasteiger partial charge in [-0.2, -0.15) is 0 Å². The number of benzene rings is 2. The fraction of sp³-hybridized carbons (Fsp3) is 0.417. The van der Waals surface area contributed by atoms with Crippen molar-refractivity contribution in [3.05, 3.63) is 59.7 Å². The normalized spacial score (nSPS) is 14.4. The first-order valence-corrected chi connectivity index (χ1v) is 10.8. The van der Waals surface area contributed by atoms with Crippen LogP contribution in [0.3, 0.4) is 0 Å². The van der Waals surface area contributed by atoms with Crippen molar-refractivity contribution in [2.45, 2.75) is 32.9 Å². The SMILES string of the molecule is CCNC(=NCC(=O)N1CCc2ccccc2C1)NCC(C)Oc1cccc(OC)c1. The first kappa shape index (κ1) is 22.5. The monoisotopic (exact) mass is 424 g/mol. The molecule has 0 bridgehead atoms. The molecule has 1 aliphatic rings. The van der Waals surface area contributed by atoms with Crippen molar-refractivity contribution in [1.29, 1.82) is 0 Å². The molecule has 0 spiro atoms. The van der Waals surface area contributed by atoms with Crippen molar-refractivity contribution in [2.24, 2.45) is 4.99 Å². The Hall–Kier alpha value is -3.22. The van der Waals surface area contributed by atoms with E-state index in [2.05, 4.69) is 27.8 Å². The highest BCUT2D eigenvalue weighted by Crippen LogP contribution is 2.20. The summed E-state index contributed by atoms with van der Waals surface area (Å²) in [7, 11) is 1.63. The number of carbonyl (C=O) groups excluding carboxylic acids is 1. The minimum atomic E-state index is -0.0924. The maximum atomic E-state index is 12.7. The van der Waals surface area contributed by atoms with Crippen LogP contribution in [-0.2, 0) is 17.8 Å².